The molecule has 2 aromatic heterocycles. The molecular formula is C27H23N5O2S2. The van der Waals surface area contributed by atoms with E-state index in [1.807, 2.05) is 66.8 Å². The summed E-state index contributed by atoms with van der Waals surface area (Å²) in [7, 11) is 4.01. The zero-order valence-electron chi connectivity index (χ0n) is 19.6. The van der Waals surface area contributed by atoms with Gasteiger partial charge in [-0.25, -0.2) is 14.8 Å². The summed E-state index contributed by atoms with van der Waals surface area (Å²) in [6.45, 7) is 0. The van der Waals surface area contributed by atoms with Crippen LogP contribution in [-0.2, 0) is 0 Å². The molecule has 0 saturated heterocycles. The van der Waals surface area contributed by atoms with E-state index in [4.69, 9.17) is 15.5 Å². The lowest BCUT2D eigenvalue weighted by molar-refractivity contribution is 0.0735. The molecule has 0 saturated carbocycles. The second kappa shape index (κ2) is 10.2. The Morgan fingerprint density at radius 1 is 0.972 bits per heavy atom. The first-order valence-corrected chi connectivity index (χ1v) is 12.8. The highest BCUT2D eigenvalue weighted by Gasteiger charge is 2.16. The van der Waals surface area contributed by atoms with Crippen LogP contribution in [-0.4, -0.2) is 30.0 Å². The number of nitrogens with zero attached hydrogens (tertiary/aromatic N) is 3. The Bertz CT molecular complexity index is 1490. The number of thiazole rings is 2. The van der Waals surface area contributed by atoms with Gasteiger partial charge in [-0.3, -0.25) is 0 Å². The van der Waals surface area contributed by atoms with E-state index in [1.54, 1.807) is 36.4 Å². The Morgan fingerprint density at radius 2 is 1.75 bits per heavy atom. The fraction of sp³-hybridized carbons (Fsp3) is 0.0741. The van der Waals surface area contributed by atoms with Gasteiger partial charge < -0.3 is 20.7 Å². The van der Waals surface area contributed by atoms with Crippen LogP contribution in [0.4, 0.5) is 22.3 Å². The molecular weight excluding hydrogens is 490 g/mol. The maximum atomic E-state index is 12.4. The standard InChI is InChI=1S/C27H23N5O2S2/c1-32(2)20-13-11-19(12-14-20)29-27-31-24(28)23(36-27)25-30-22(16-35-25)18-9-6-10-21(15-18)34-26(33)17-7-4-3-5-8-17/h3-16H,28H2,1-2H3,(H,29,31). The number of nitrogen functional groups attached to an aromatic ring is 1. The number of hydrogen-bond acceptors (Lipinski definition) is 9. The van der Waals surface area contributed by atoms with Gasteiger partial charge in [-0.1, -0.05) is 41.7 Å². The summed E-state index contributed by atoms with van der Waals surface area (Å²) in [4.78, 5) is 24.5. The first-order valence-electron chi connectivity index (χ1n) is 11.1. The molecule has 0 aliphatic heterocycles. The van der Waals surface area contributed by atoms with Gasteiger partial charge in [0.1, 0.15) is 21.5 Å². The van der Waals surface area contributed by atoms with Crippen molar-refractivity contribution in [3.8, 4) is 26.9 Å². The van der Waals surface area contributed by atoms with Gasteiger partial charge in [-0.05, 0) is 48.5 Å². The van der Waals surface area contributed by atoms with Crippen LogP contribution in [0.3, 0.4) is 0 Å². The van der Waals surface area contributed by atoms with Gasteiger partial charge in [0.25, 0.3) is 0 Å². The number of carbonyl (C=O) groups excluding carboxylic acids is 1. The normalized spacial score (nSPS) is 10.7. The monoisotopic (exact) mass is 513 g/mol. The number of aromatic nitrogens is 2. The van der Waals surface area contributed by atoms with Crippen LogP contribution in [0.25, 0.3) is 21.1 Å². The van der Waals surface area contributed by atoms with E-state index in [1.165, 1.54) is 22.7 Å². The zero-order valence-corrected chi connectivity index (χ0v) is 21.3. The molecule has 3 aromatic carbocycles. The summed E-state index contributed by atoms with van der Waals surface area (Å²) < 4.78 is 5.55. The summed E-state index contributed by atoms with van der Waals surface area (Å²) in [5, 5.41) is 6.75. The predicted octanol–water partition coefficient (Wildman–Crippen LogP) is 6.54. The van der Waals surface area contributed by atoms with Crippen LogP contribution in [0.5, 0.6) is 5.75 Å². The largest absolute Gasteiger partial charge is 0.423 e. The molecule has 2 heterocycles. The molecule has 9 heteroatoms. The van der Waals surface area contributed by atoms with E-state index in [2.05, 4.69) is 10.3 Å². The van der Waals surface area contributed by atoms with Crippen LogP contribution >= 0.6 is 22.7 Å². The van der Waals surface area contributed by atoms with Gasteiger partial charge in [0.15, 0.2) is 5.13 Å². The quantitative estimate of drug-likeness (QED) is 0.188. The number of nitrogens with two attached hydrogens (primary N) is 1. The Hall–Kier alpha value is -4.21. The first-order chi connectivity index (χ1) is 17.5. The highest BCUT2D eigenvalue weighted by Crippen LogP contribution is 2.39. The van der Waals surface area contributed by atoms with Crippen molar-refractivity contribution in [2.75, 3.05) is 30.0 Å². The van der Waals surface area contributed by atoms with E-state index in [-0.39, 0.29) is 0 Å². The van der Waals surface area contributed by atoms with Crippen molar-refractivity contribution in [1.82, 2.24) is 9.97 Å². The number of hydrogen-bond donors (Lipinski definition) is 2. The molecule has 7 nitrogen and oxygen atoms in total. The van der Waals surface area contributed by atoms with E-state index < -0.39 is 5.97 Å². The number of ether oxygens (including phenoxy) is 1. The molecule has 5 rings (SSSR count). The van der Waals surface area contributed by atoms with Gasteiger partial charge in [0.05, 0.1) is 11.3 Å². The summed E-state index contributed by atoms with van der Waals surface area (Å²) in [6.07, 6.45) is 0. The topological polar surface area (TPSA) is 93.4 Å². The summed E-state index contributed by atoms with van der Waals surface area (Å²) in [6, 6.07) is 24.3. The number of nitrogens with one attached hydrogen (secondary N) is 1. The zero-order chi connectivity index (χ0) is 25.1. The third kappa shape index (κ3) is 5.22. The number of benzene rings is 3. The van der Waals surface area contributed by atoms with Gasteiger partial charge in [0.2, 0.25) is 0 Å². The molecule has 0 unspecified atom stereocenters. The Labute approximate surface area is 216 Å². The second-order valence-corrected chi connectivity index (χ2v) is 9.98. The molecule has 0 aliphatic rings. The van der Waals surface area contributed by atoms with Gasteiger partial charge in [-0.15, -0.1) is 11.3 Å². The number of anilines is 4. The van der Waals surface area contributed by atoms with Crippen LogP contribution in [0.2, 0.25) is 0 Å². The van der Waals surface area contributed by atoms with Gasteiger partial charge in [0, 0.05) is 36.4 Å². The molecule has 0 bridgehead atoms. The molecule has 0 amide bonds. The fourth-order valence-corrected chi connectivity index (χ4v) is 5.31. The summed E-state index contributed by atoms with van der Waals surface area (Å²) in [5.74, 6) is 0.486. The Balaban J connectivity index is 1.32. The van der Waals surface area contributed by atoms with E-state index in [0.717, 1.165) is 32.5 Å². The number of carbonyl (C=O) groups is 1. The SMILES string of the molecule is CN(C)c1ccc(Nc2nc(N)c(-c3nc(-c4cccc(OC(=O)c5ccccc5)c4)cs3)s2)cc1. The number of rotatable bonds is 7. The smallest absolute Gasteiger partial charge is 0.343 e. The lowest BCUT2D eigenvalue weighted by atomic mass is 10.1. The summed E-state index contributed by atoms with van der Waals surface area (Å²) in [5.41, 5.74) is 10.4. The van der Waals surface area contributed by atoms with Gasteiger partial charge in [-0.2, -0.15) is 0 Å². The van der Waals surface area contributed by atoms with Gasteiger partial charge >= 0.3 is 5.97 Å². The van der Waals surface area contributed by atoms with Crippen LogP contribution in [0, 0.1) is 0 Å². The minimum atomic E-state index is -0.402. The Morgan fingerprint density at radius 3 is 2.50 bits per heavy atom. The van der Waals surface area contributed by atoms with Crippen LogP contribution < -0.4 is 20.7 Å². The van der Waals surface area contributed by atoms with E-state index in [0.29, 0.717) is 22.3 Å². The third-order valence-corrected chi connectivity index (χ3v) is 7.32. The minimum Gasteiger partial charge on any atom is -0.423 e. The second-order valence-electron chi connectivity index (χ2n) is 8.12. The molecule has 180 valence electrons. The lowest BCUT2D eigenvalue weighted by Gasteiger charge is -2.12. The molecule has 0 spiro atoms. The molecule has 5 aromatic rings. The van der Waals surface area contributed by atoms with E-state index in [9.17, 15) is 4.79 Å². The molecule has 0 atom stereocenters. The molecule has 3 N–H and O–H groups in total. The molecule has 0 radical (unpaired) electrons. The first kappa shape index (κ1) is 23.5. The van der Waals surface area contributed by atoms with Crippen molar-refractivity contribution in [2.24, 2.45) is 0 Å². The number of esters is 1. The molecule has 36 heavy (non-hydrogen) atoms. The maximum absolute atomic E-state index is 12.4. The van der Waals surface area contributed by atoms with Crippen molar-refractivity contribution >= 4 is 51.0 Å². The minimum absolute atomic E-state index is 0.402. The highest BCUT2D eigenvalue weighted by molar-refractivity contribution is 7.23. The third-order valence-electron chi connectivity index (χ3n) is 5.34. The molecule has 0 fully saturated rings. The highest BCUT2D eigenvalue weighted by atomic mass is 32.1. The fourth-order valence-electron chi connectivity index (χ4n) is 3.47. The average Bonchev–Trinajstić information content (AvgIpc) is 3.51. The van der Waals surface area contributed by atoms with Crippen molar-refractivity contribution in [2.45, 2.75) is 0 Å². The van der Waals surface area contributed by atoms with Crippen molar-refractivity contribution in [1.29, 1.82) is 0 Å². The van der Waals surface area contributed by atoms with Crippen LogP contribution in [0.1, 0.15) is 10.4 Å². The maximum Gasteiger partial charge on any atom is 0.343 e. The van der Waals surface area contributed by atoms with E-state index >= 15 is 0 Å². The van der Waals surface area contributed by atoms with Crippen LogP contribution in [0.15, 0.2) is 84.2 Å². The van der Waals surface area contributed by atoms with Crippen molar-refractivity contribution in [3.05, 3.63) is 89.8 Å². The van der Waals surface area contributed by atoms with Crippen molar-refractivity contribution in [3.63, 3.8) is 0 Å². The lowest BCUT2D eigenvalue weighted by Crippen LogP contribution is -2.08. The summed E-state index contributed by atoms with van der Waals surface area (Å²) >= 11 is 2.95. The predicted molar refractivity (Wildman–Crippen MR) is 149 cm³/mol. The average molecular weight is 514 g/mol. The van der Waals surface area contributed by atoms with Crippen molar-refractivity contribution < 1.29 is 9.53 Å². The molecule has 0 aliphatic carbocycles. The Kier molecular flexibility index (Phi) is 6.66.